The highest BCUT2D eigenvalue weighted by molar-refractivity contribution is 14.1. The summed E-state index contributed by atoms with van der Waals surface area (Å²) in [5, 5.41) is 0.785. The Morgan fingerprint density at radius 2 is 2.06 bits per heavy atom. The van der Waals surface area contributed by atoms with E-state index in [1.807, 2.05) is 29.5 Å². The number of hydrogen-bond donors (Lipinski definition) is 0. The van der Waals surface area contributed by atoms with Crippen LogP contribution in [0.25, 0.3) is 0 Å². The van der Waals surface area contributed by atoms with Crippen molar-refractivity contribution in [3.63, 3.8) is 0 Å². The molecule has 84 valence electrons. The molecule has 0 fully saturated rings. The van der Waals surface area contributed by atoms with Gasteiger partial charge in [0.2, 0.25) is 0 Å². The van der Waals surface area contributed by atoms with Crippen LogP contribution in [0.15, 0.2) is 30.3 Å². The minimum absolute atomic E-state index is 0.233. The first kappa shape index (κ1) is 12.9. The Labute approximate surface area is 126 Å². The summed E-state index contributed by atoms with van der Waals surface area (Å²) in [6, 6.07) is 10.3. The molecule has 1 aromatic heterocycles. The third-order valence-corrected chi connectivity index (χ3v) is 5.81. The molecule has 1 unspecified atom stereocenters. The van der Waals surface area contributed by atoms with E-state index in [1.165, 1.54) is 18.9 Å². The molecule has 0 saturated heterocycles. The predicted octanol–water partition coefficient (Wildman–Crippen LogP) is 5.80. The highest BCUT2D eigenvalue weighted by Crippen LogP contribution is 2.38. The van der Waals surface area contributed by atoms with E-state index in [9.17, 15) is 0 Å². The summed E-state index contributed by atoms with van der Waals surface area (Å²) in [7, 11) is 0. The van der Waals surface area contributed by atoms with Crippen LogP contribution in [0.3, 0.4) is 0 Å². The average molecular weight is 428 g/mol. The molecule has 0 amide bonds. The van der Waals surface area contributed by atoms with Crippen molar-refractivity contribution in [2.24, 2.45) is 0 Å². The van der Waals surface area contributed by atoms with Crippen LogP contribution in [0.4, 0.5) is 0 Å². The van der Waals surface area contributed by atoms with Gasteiger partial charge in [-0.05, 0) is 65.4 Å². The Kier molecular flexibility index (Phi) is 4.32. The minimum atomic E-state index is 0.233. The fourth-order valence-electron chi connectivity index (χ4n) is 1.45. The van der Waals surface area contributed by atoms with E-state index in [0.29, 0.717) is 0 Å². The number of benzene rings is 1. The van der Waals surface area contributed by atoms with E-state index >= 15 is 0 Å². The molecule has 16 heavy (non-hydrogen) atoms. The van der Waals surface area contributed by atoms with Crippen LogP contribution in [0, 0.1) is 10.5 Å². The van der Waals surface area contributed by atoms with Crippen LogP contribution in [0.5, 0.6) is 0 Å². The Hall–Kier alpha value is 0.420. The molecular formula is C12H9BrClIS. The monoisotopic (exact) mass is 426 g/mol. The fourth-order valence-corrected chi connectivity index (χ4v) is 4.39. The van der Waals surface area contributed by atoms with Crippen LogP contribution in [-0.2, 0) is 0 Å². The summed E-state index contributed by atoms with van der Waals surface area (Å²) < 4.78 is 1.23. The van der Waals surface area contributed by atoms with Gasteiger partial charge in [-0.3, -0.25) is 0 Å². The van der Waals surface area contributed by atoms with Gasteiger partial charge in [-0.25, -0.2) is 0 Å². The highest BCUT2D eigenvalue weighted by Gasteiger charge is 2.15. The van der Waals surface area contributed by atoms with Crippen molar-refractivity contribution in [3.8, 4) is 0 Å². The summed E-state index contributed by atoms with van der Waals surface area (Å²) in [6.07, 6.45) is 0. The van der Waals surface area contributed by atoms with Crippen LogP contribution in [0.1, 0.15) is 20.1 Å². The third-order valence-electron chi connectivity index (χ3n) is 2.24. The molecule has 0 aliphatic carbocycles. The molecule has 0 aliphatic heterocycles. The Morgan fingerprint density at radius 3 is 2.69 bits per heavy atom. The van der Waals surface area contributed by atoms with Gasteiger partial charge in [-0.2, -0.15) is 0 Å². The number of aryl methyl sites for hydroxylation is 1. The van der Waals surface area contributed by atoms with Gasteiger partial charge >= 0.3 is 0 Å². The molecule has 0 radical (unpaired) electrons. The van der Waals surface area contributed by atoms with Crippen molar-refractivity contribution in [2.45, 2.75) is 11.8 Å². The van der Waals surface area contributed by atoms with Crippen molar-refractivity contribution in [3.05, 3.63) is 54.2 Å². The Morgan fingerprint density at radius 1 is 1.31 bits per heavy atom. The van der Waals surface area contributed by atoms with E-state index in [0.717, 1.165) is 5.02 Å². The van der Waals surface area contributed by atoms with Gasteiger partial charge in [-0.15, -0.1) is 11.3 Å². The Bertz CT molecular complexity index is 509. The summed E-state index contributed by atoms with van der Waals surface area (Å²) in [4.78, 5) is 2.88. The zero-order chi connectivity index (χ0) is 11.7. The van der Waals surface area contributed by atoms with Gasteiger partial charge in [0.15, 0.2) is 0 Å². The highest BCUT2D eigenvalue weighted by atomic mass is 127. The molecule has 2 rings (SSSR count). The smallest absolute Gasteiger partial charge is 0.0748 e. The van der Waals surface area contributed by atoms with Crippen molar-refractivity contribution >= 4 is 61.5 Å². The van der Waals surface area contributed by atoms with Crippen molar-refractivity contribution in [2.75, 3.05) is 0 Å². The first-order valence-corrected chi connectivity index (χ1v) is 7.92. The summed E-state index contributed by atoms with van der Waals surface area (Å²) in [6.45, 7) is 2.12. The molecule has 0 saturated carbocycles. The second-order valence-corrected chi connectivity index (χ2v) is 7.31. The topological polar surface area (TPSA) is 0 Å². The first-order valence-electron chi connectivity index (χ1n) is 4.73. The number of halogens is 3. The molecule has 1 atom stereocenters. The lowest BCUT2D eigenvalue weighted by molar-refractivity contribution is 1.21. The molecule has 4 heteroatoms. The summed E-state index contributed by atoms with van der Waals surface area (Å²) in [5.74, 6) is 0. The zero-order valence-electron chi connectivity index (χ0n) is 8.51. The molecule has 1 heterocycles. The van der Waals surface area contributed by atoms with Gasteiger partial charge in [0.25, 0.3) is 0 Å². The maximum Gasteiger partial charge on any atom is 0.0748 e. The lowest BCUT2D eigenvalue weighted by atomic mass is 10.1. The number of hydrogen-bond acceptors (Lipinski definition) is 1. The largest absolute Gasteiger partial charge is 0.144 e. The average Bonchev–Trinajstić information content (AvgIpc) is 2.67. The lowest BCUT2D eigenvalue weighted by Crippen LogP contribution is -1.93. The number of alkyl halides is 1. The second kappa shape index (κ2) is 5.38. The van der Waals surface area contributed by atoms with E-state index in [-0.39, 0.29) is 4.83 Å². The third kappa shape index (κ3) is 2.81. The summed E-state index contributed by atoms with van der Waals surface area (Å²) >= 11 is 13.9. The van der Waals surface area contributed by atoms with Crippen LogP contribution < -0.4 is 0 Å². The quantitative estimate of drug-likeness (QED) is 0.420. The normalized spacial score (nSPS) is 12.8. The maximum atomic E-state index is 6.03. The van der Waals surface area contributed by atoms with Crippen molar-refractivity contribution in [1.29, 1.82) is 0 Å². The fraction of sp³-hybridized carbons (Fsp3) is 0.167. The van der Waals surface area contributed by atoms with Gasteiger partial charge in [0.05, 0.1) is 4.83 Å². The van der Waals surface area contributed by atoms with Crippen molar-refractivity contribution in [1.82, 2.24) is 0 Å². The number of thiophene rings is 1. The van der Waals surface area contributed by atoms with E-state index in [2.05, 4.69) is 57.6 Å². The van der Waals surface area contributed by atoms with E-state index in [1.54, 1.807) is 0 Å². The first-order chi connectivity index (χ1) is 7.58. The molecule has 0 nitrogen and oxygen atoms in total. The van der Waals surface area contributed by atoms with Gasteiger partial charge in [0, 0.05) is 18.3 Å². The van der Waals surface area contributed by atoms with Crippen LogP contribution in [0.2, 0.25) is 5.02 Å². The molecule has 0 aliphatic rings. The molecule has 0 spiro atoms. The predicted molar refractivity (Wildman–Crippen MR) is 84.0 cm³/mol. The standard InChI is InChI=1S/C12H9BrClIS/c1-7-2-5-11(16-7)12(13)9-6-8(14)3-4-10(9)15/h2-6,12H,1H3. The SMILES string of the molecule is Cc1ccc(C(Br)c2cc(Cl)ccc2I)s1. The minimum Gasteiger partial charge on any atom is -0.144 e. The van der Waals surface area contributed by atoms with E-state index in [4.69, 9.17) is 11.6 Å². The van der Waals surface area contributed by atoms with Crippen LogP contribution in [-0.4, -0.2) is 0 Å². The molecule has 1 aromatic carbocycles. The van der Waals surface area contributed by atoms with Gasteiger partial charge in [-0.1, -0.05) is 27.5 Å². The zero-order valence-corrected chi connectivity index (χ0v) is 13.8. The molecular weight excluding hydrogens is 418 g/mol. The van der Waals surface area contributed by atoms with Crippen LogP contribution >= 0.6 is 61.5 Å². The van der Waals surface area contributed by atoms with Gasteiger partial charge in [0.1, 0.15) is 0 Å². The molecule has 2 aromatic rings. The van der Waals surface area contributed by atoms with Gasteiger partial charge < -0.3 is 0 Å². The lowest BCUT2D eigenvalue weighted by Gasteiger charge is -2.10. The summed E-state index contributed by atoms with van der Waals surface area (Å²) in [5.41, 5.74) is 1.23. The Balaban J connectivity index is 2.40. The van der Waals surface area contributed by atoms with E-state index < -0.39 is 0 Å². The molecule has 0 bridgehead atoms. The number of rotatable bonds is 2. The molecule has 0 N–H and O–H groups in total. The van der Waals surface area contributed by atoms with Crippen molar-refractivity contribution < 1.29 is 0 Å². The second-order valence-electron chi connectivity index (χ2n) is 3.48. The maximum absolute atomic E-state index is 6.03.